The highest BCUT2D eigenvalue weighted by atomic mass is 79.9. The monoisotopic (exact) mass is 308 g/mol. The van der Waals surface area contributed by atoms with Gasteiger partial charge in [0.2, 0.25) is 0 Å². The molecule has 88 valence electrons. The molecule has 4 N–H and O–H groups in total. The Morgan fingerprint density at radius 3 is 2.65 bits per heavy atom. The van der Waals surface area contributed by atoms with Gasteiger partial charge in [-0.05, 0) is 35.9 Å². The van der Waals surface area contributed by atoms with Gasteiger partial charge in [-0.2, -0.15) is 0 Å². The molecule has 2 aromatic carbocycles. The number of thioether (sulfide) groups is 1. The Morgan fingerprint density at radius 1 is 1.06 bits per heavy atom. The zero-order chi connectivity index (χ0) is 12.3. The highest BCUT2D eigenvalue weighted by Gasteiger charge is 2.02. The van der Waals surface area contributed by atoms with E-state index >= 15 is 0 Å². The van der Waals surface area contributed by atoms with Crippen LogP contribution in [0.15, 0.2) is 51.8 Å². The smallest absolute Gasteiger partial charge is 0.0453 e. The molecule has 17 heavy (non-hydrogen) atoms. The van der Waals surface area contributed by atoms with Gasteiger partial charge in [0.1, 0.15) is 0 Å². The maximum absolute atomic E-state index is 5.92. The summed E-state index contributed by atoms with van der Waals surface area (Å²) in [5, 5.41) is 0. The Labute approximate surface area is 114 Å². The lowest BCUT2D eigenvalue weighted by atomic mass is 10.2. The summed E-state index contributed by atoms with van der Waals surface area (Å²) < 4.78 is 1.04. The second-order valence-electron chi connectivity index (χ2n) is 3.72. The first-order valence-corrected chi connectivity index (χ1v) is 6.95. The Balaban J connectivity index is 2.09. The van der Waals surface area contributed by atoms with E-state index in [1.807, 2.05) is 36.4 Å². The van der Waals surface area contributed by atoms with Gasteiger partial charge in [-0.1, -0.05) is 28.1 Å². The third-order valence-electron chi connectivity index (χ3n) is 2.32. The van der Waals surface area contributed by atoms with E-state index in [4.69, 9.17) is 11.5 Å². The number of halogens is 1. The van der Waals surface area contributed by atoms with Gasteiger partial charge in [0, 0.05) is 26.5 Å². The van der Waals surface area contributed by atoms with Crippen molar-refractivity contribution in [2.24, 2.45) is 0 Å². The third kappa shape index (κ3) is 3.41. The van der Waals surface area contributed by atoms with Crippen molar-refractivity contribution in [3.8, 4) is 0 Å². The average Bonchev–Trinajstić information content (AvgIpc) is 2.30. The van der Waals surface area contributed by atoms with Gasteiger partial charge < -0.3 is 11.5 Å². The quantitative estimate of drug-likeness (QED) is 0.668. The molecule has 0 aliphatic carbocycles. The molecule has 0 radical (unpaired) electrons. The summed E-state index contributed by atoms with van der Waals surface area (Å²) in [6, 6.07) is 13.8. The van der Waals surface area contributed by atoms with Crippen LogP contribution in [-0.4, -0.2) is 0 Å². The Hall–Kier alpha value is -1.13. The largest absolute Gasteiger partial charge is 0.399 e. The molecule has 2 aromatic rings. The number of hydrogen-bond donors (Lipinski definition) is 2. The molecule has 0 heterocycles. The normalized spacial score (nSPS) is 10.4. The molecule has 0 amide bonds. The summed E-state index contributed by atoms with van der Waals surface area (Å²) in [4.78, 5) is 1.08. The molecule has 0 aliphatic rings. The summed E-state index contributed by atoms with van der Waals surface area (Å²) in [6.45, 7) is 0. The standard InChI is InChI=1S/C13H13BrN2S/c14-10-4-5-12(16)13(7-10)17-8-9-2-1-3-11(15)6-9/h1-7H,8,15-16H2. The van der Waals surface area contributed by atoms with E-state index in [1.54, 1.807) is 11.8 Å². The van der Waals surface area contributed by atoms with Crippen LogP contribution >= 0.6 is 27.7 Å². The highest BCUT2D eigenvalue weighted by molar-refractivity contribution is 9.10. The van der Waals surface area contributed by atoms with Crippen LogP contribution in [0.4, 0.5) is 11.4 Å². The van der Waals surface area contributed by atoms with Crippen LogP contribution in [0.25, 0.3) is 0 Å². The van der Waals surface area contributed by atoms with Crippen LogP contribution in [-0.2, 0) is 5.75 Å². The van der Waals surface area contributed by atoms with E-state index in [0.717, 1.165) is 26.5 Å². The minimum atomic E-state index is 0.797. The van der Waals surface area contributed by atoms with E-state index < -0.39 is 0 Å². The molecule has 0 saturated heterocycles. The summed E-state index contributed by atoms with van der Waals surface area (Å²) >= 11 is 5.16. The van der Waals surface area contributed by atoms with E-state index in [-0.39, 0.29) is 0 Å². The topological polar surface area (TPSA) is 52.0 Å². The number of anilines is 2. The van der Waals surface area contributed by atoms with Crippen molar-refractivity contribution in [1.29, 1.82) is 0 Å². The van der Waals surface area contributed by atoms with Crippen molar-refractivity contribution in [2.45, 2.75) is 10.6 Å². The van der Waals surface area contributed by atoms with Crippen molar-refractivity contribution >= 4 is 39.1 Å². The number of rotatable bonds is 3. The maximum Gasteiger partial charge on any atom is 0.0453 e. The van der Waals surface area contributed by atoms with Crippen LogP contribution in [0.1, 0.15) is 5.56 Å². The minimum Gasteiger partial charge on any atom is -0.399 e. The summed E-state index contributed by atoms with van der Waals surface area (Å²) in [5.74, 6) is 0.867. The Kier molecular flexibility index (Phi) is 3.97. The summed E-state index contributed by atoms with van der Waals surface area (Å²) in [6.07, 6.45) is 0. The third-order valence-corrected chi connectivity index (χ3v) is 3.96. The van der Waals surface area contributed by atoms with E-state index in [1.165, 1.54) is 5.56 Å². The molecule has 2 rings (SSSR count). The van der Waals surface area contributed by atoms with Crippen LogP contribution in [0.2, 0.25) is 0 Å². The molecule has 0 fully saturated rings. The fourth-order valence-electron chi connectivity index (χ4n) is 1.48. The first kappa shape index (κ1) is 12.3. The predicted octanol–water partition coefficient (Wildman–Crippen LogP) is 3.91. The molecule has 0 saturated carbocycles. The molecular formula is C13H13BrN2S. The van der Waals surface area contributed by atoms with Crippen molar-refractivity contribution in [3.05, 3.63) is 52.5 Å². The number of nitrogens with two attached hydrogens (primary N) is 2. The second kappa shape index (κ2) is 5.47. The average molecular weight is 309 g/mol. The molecule has 4 heteroatoms. The van der Waals surface area contributed by atoms with Crippen LogP contribution in [0.5, 0.6) is 0 Å². The molecule has 0 aliphatic heterocycles. The molecule has 0 atom stereocenters. The Bertz CT molecular complexity index is 529. The highest BCUT2D eigenvalue weighted by Crippen LogP contribution is 2.30. The van der Waals surface area contributed by atoms with Crippen molar-refractivity contribution in [3.63, 3.8) is 0 Å². The van der Waals surface area contributed by atoms with Crippen LogP contribution in [0, 0.1) is 0 Å². The molecule has 0 aromatic heterocycles. The SMILES string of the molecule is Nc1cccc(CSc2cc(Br)ccc2N)c1. The minimum absolute atomic E-state index is 0.797. The number of nitrogen functional groups attached to an aromatic ring is 2. The maximum atomic E-state index is 5.92. The lowest BCUT2D eigenvalue weighted by Crippen LogP contribution is -1.90. The molecule has 0 spiro atoms. The van der Waals surface area contributed by atoms with Crippen molar-refractivity contribution < 1.29 is 0 Å². The fraction of sp³-hybridized carbons (Fsp3) is 0.0769. The summed E-state index contributed by atoms with van der Waals surface area (Å²) in [7, 11) is 0. The second-order valence-corrected chi connectivity index (χ2v) is 5.65. The van der Waals surface area contributed by atoms with Crippen molar-refractivity contribution in [1.82, 2.24) is 0 Å². The van der Waals surface area contributed by atoms with Crippen LogP contribution < -0.4 is 11.5 Å². The van der Waals surface area contributed by atoms with Gasteiger partial charge in [-0.15, -0.1) is 11.8 Å². The predicted molar refractivity (Wildman–Crippen MR) is 79.0 cm³/mol. The lowest BCUT2D eigenvalue weighted by Gasteiger charge is -2.06. The van der Waals surface area contributed by atoms with Gasteiger partial charge in [0.15, 0.2) is 0 Å². The fourth-order valence-corrected chi connectivity index (χ4v) is 2.94. The molecular weight excluding hydrogens is 296 g/mol. The van der Waals surface area contributed by atoms with Crippen molar-refractivity contribution in [2.75, 3.05) is 11.5 Å². The first-order valence-electron chi connectivity index (χ1n) is 5.17. The Morgan fingerprint density at radius 2 is 1.88 bits per heavy atom. The number of benzene rings is 2. The van der Waals surface area contributed by atoms with Gasteiger partial charge in [0.25, 0.3) is 0 Å². The van der Waals surface area contributed by atoms with E-state index in [0.29, 0.717) is 0 Å². The van der Waals surface area contributed by atoms with Gasteiger partial charge >= 0.3 is 0 Å². The van der Waals surface area contributed by atoms with E-state index in [9.17, 15) is 0 Å². The molecule has 0 bridgehead atoms. The molecule has 2 nitrogen and oxygen atoms in total. The van der Waals surface area contributed by atoms with Gasteiger partial charge in [-0.25, -0.2) is 0 Å². The van der Waals surface area contributed by atoms with E-state index in [2.05, 4.69) is 22.0 Å². The lowest BCUT2D eigenvalue weighted by molar-refractivity contribution is 1.38. The zero-order valence-electron chi connectivity index (χ0n) is 9.19. The molecule has 0 unspecified atom stereocenters. The zero-order valence-corrected chi connectivity index (χ0v) is 11.6. The summed E-state index contributed by atoms with van der Waals surface area (Å²) in [5.41, 5.74) is 14.5. The number of hydrogen-bond acceptors (Lipinski definition) is 3. The van der Waals surface area contributed by atoms with Gasteiger partial charge in [0.05, 0.1) is 0 Å². The van der Waals surface area contributed by atoms with Crippen LogP contribution in [0.3, 0.4) is 0 Å². The van der Waals surface area contributed by atoms with Gasteiger partial charge in [-0.3, -0.25) is 0 Å². The first-order chi connectivity index (χ1) is 8.15.